The van der Waals surface area contributed by atoms with Crippen LogP contribution >= 0.6 is 0 Å². The lowest BCUT2D eigenvalue weighted by Gasteiger charge is -2.09. The van der Waals surface area contributed by atoms with Gasteiger partial charge in [-0.2, -0.15) is 5.10 Å². The number of hydrogen-bond acceptors (Lipinski definition) is 4. The highest BCUT2D eigenvalue weighted by Gasteiger charge is 2.16. The van der Waals surface area contributed by atoms with Gasteiger partial charge in [0.2, 0.25) is 0 Å². The Labute approximate surface area is 149 Å². The number of phenols is 1. The van der Waals surface area contributed by atoms with Gasteiger partial charge in [0.05, 0.1) is 17.5 Å². The number of rotatable bonds is 3. The first-order chi connectivity index (χ1) is 12.6. The molecule has 2 aromatic carbocycles. The van der Waals surface area contributed by atoms with Crippen LogP contribution < -0.4 is 5.32 Å². The fraction of sp³-hybridized carbons (Fsp3) is 0.0500. The van der Waals surface area contributed by atoms with Crippen molar-refractivity contribution >= 4 is 22.4 Å². The largest absolute Gasteiger partial charge is 0.507 e. The van der Waals surface area contributed by atoms with E-state index < -0.39 is 0 Å². The number of aromatic nitrogens is 3. The summed E-state index contributed by atoms with van der Waals surface area (Å²) in [5, 5.41) is 18.6. The first kappa shape index (κ1) is 15.8. The van der Waals surface area contributed by atoms with E-state index in [4.69, 9.17) is 0 Å². The zero-order chi connectivity index (χ0) is 18.1. The molecule has 1 amide bonds. The van der Waals surface area contributed by atoms with E-state index in [0.29, 0.717) is 28.1 Å². The number of carbonyl (C=O) groups excluding carboxylic acids is 1. The number of pyridine rings is 1. The number of aromatic hydroxyl groups is 1. The lowest BCUT2D eigenvalue weighted by Crippen LogP contribution is -2.13. The molecule has 128 valence electrons. The number of anilines is 1. The number of fused-ring (bicyclic) bond motifs is 1. The molecule has 26 heavy (non-hydrogen) atoms. The third-order valence-electron chi connectivity index (χ3n) is 4.27. The molecular weight excluding hydrogens is 328 g/mol. The fourth-order valence-electron chi connectivity index (χ4n) is 2.93. The number of hydrogen-bond donors (Lipinski definition) is 2. The van der Waals surface area contributed by atoms with Gasteiger partial charge in [0.15, 0.2) is 5.82 Å². The molecule has 0 aliphatic heterocycles. The molecule has 6 nitrogen and oxygen atoms in total. The minimum Gasteiger partial charge on any atom is -0.507 e. The molecule has 0 radical (unpaired) electrons. The number of nitrogens with one attached hydrogen (secondary N) is 1. The van der Waals surface area contributed by atoms with Gasteiger partial charge in [0, 0.05) is 22.7 Å². The Morgan fingerprint density at radius 3 is 2.65 bits per heavy atom. The van der Waals surface area contributed by atoms with Crippen LogP contribution in [0.1, 0.15) is 16.1 Å². The molecule has 0 unspecified atom stereocenters. The van der Waals surface area contributed by atoms with Gasteiger partial charge in [0.1, 0.15) is 5.75 Å². The Morgan fingerprint density at radius 1 is 1.04 bits per heavy atom. The second-order valence-corrected chi connectivity index (χ2v) is 5.88. The van der Waals surface area contributed by atoms with Crippen molar-refractivity contribution in [2.24, 2.45) is 0 Å². The van der Waals surface area contributed by atoms with E-state index in [9.17, 15) is 9.90 Å². The van der Waals surface area contributed by atoms with E-state index in [0.717, 1.165) is 5.39 Å². The van der Waals surface area contributed by atoms with Crippen molar-refractivity contribution in [1.82, 2.24) is 14.8 Å². The molecular formula is C20H16N4O2. The highest BCUT2D eigenvalue weighted by Crippen LogP contribution is 2.30. The van der Waals surface area contributed by atoms with E-state index in [1.807, 2.05) is 37.3 Å². The number of nitrogens with zero attached hydrogens (tertiary/aromatic N) is 3. The third-order valence-corrected chi connectivity index (χ3v) is 4.27. The van der Waals surface area contributed by atoms with Crippen LogP contribution in [0.5, 0.6) is 5.75 Å². The molecule has 0 spiro atoms. The van der Waals surface area contributed by atoms with E-state index in [2.05, 4.69) is 15.4 Å². The lowest BCUT2D eigenvalue weighted by molar-refractivity contribution is 0.102. The summed E-state index contributed by atoms with van der Waals surface area (Å²) < 4.78 is 1.63. The molecule has 2 N–H and O–H groups in total. The maximum Gasteiger partial charge on any atom is 0.259 e. The minimum absolute atomic E-state index is 0.178. The summed E-state index contributed by atoms with van der Waals surface area (Å²) >= 11 is 0. The summed E-state index contributed by atoms with van der Waals surface area (Å²) in [5.41, 5.74) is 1.80. The summed E-state index contributed by atoms with van der Waals surface area (Å²) in [5.74, 6) is 0.567. The molecule has 6 heteroatoms. The van der Waals surface area contributed by atoms with Crippen molar-refractivity contribution in [2.75, 3.05) is 5.32 Å². The molecule has 0 aliphatic carbocycles. The van der Waals surface area contributed by atoms with Gasteiger partial charge in [0.25, 0.3) is 5.91 Å². The molecule has 4 rings (SSSR count). The van der Waals surface area contributed by atoms with Gasteiger partial charge in [-0.1, -0.05) is 30.3 Å². The van der Waals surface area contributed by atoms with Crippen molar-refractivity contribution in [2.45, 2.75) is 6.92 Å². The molecule has 0 fully saturated rings. The van der Waals surface area contributed by atoms with Crippen molar-refractivity contribution in [3.63, 3.8) is 0 Å². The highest BCUT2D eigenvalue weighted by atomic mass is 16.3. The summed E-state index contributed by atoms with van der Waals surface area (Å²) in [6.07, 6.45) is 3.21. The van der Waals surface area contributed by atoms with Crippen LogP contribution in [0, 0.1) is 6.92 Å². The Balaban J connectivity index is 1.68. The Kier molecular flexibility index (Phi) is 3.85. The highest BCUT2D eigenvalue weighted by molar-refractivity contribution is 6.10. The maximum atomic E-state index is 12.8. The number of benzene rings is 2. The quantitative estimate of drug-likeness (QED) is 0.594. The van der Waals surface area contributed by atoms with Crippen LogP contribution in [0.2, 0.25) is 0 Å². The van der Waals surface area contributed by atoms with E-state index in [1.54, 1.807) is 35.1 Å². The standard InChI is InChI=1S/C20H16N4O2/c1-13-16(12-22-24(13)19-10-2-3-11-21-19)20(26)23-17-8-4-7-15-14(17)6-5-9-18(15)25/h2-12,25H,1H3,(H,23,26). The Hall–Kier alpha value is -3.67. The average molecular weight is 344 g/mol. The van der Waals surface area contributed by atoms with Crippen molar-refractivity contribution in [1.29, 1.82) is 0 Å². The average Bonchev–Trinajstić information content (AvgIpc) is 3.05. The number of phenolic OH excluding ortho intramolecular Hbond substituents is 1. The van der Waals surface area contributed by atoms with E-state index in [1.165, 1.54) is 6.20 Å². The molecule has 0 bridgehead atoms. The molecule has 2 aromatic heterocycles. The molecule has 4 aromatic rings. The topological polar surface area (TPSA) is 80.0 Å². The molecule has 0 saturated carbocycles. The monoisotopic (exact) mass is 344 g/mol. The predicted octanol–water partition coefficient (Wildman–Crippen LogP) is 3.69. The summed E-state index contributed by atoms with van der Waals surface area (Å²) in [4.78, 5) is 17.0. The smallest absolute Gasteiger partial charge is 0.259 e. The van der Waals surface area contributed by atoms with Gasteiger partial charge in [-0.15, -0.1) is 0 Å². The van der Waals surface area contributed by atoms with Crippen LogP contribution in [0.25, 0.3) is 16.6 Å². The van der Waals surface area contributed by atoms with Crippen LogP contribution in [0.4, 0.5) is 5.69 Å². The summed E-state index contributed by atoms with van der Waals surface area (Å²) in [7, 11) is 0. The van der Waals surface area contributed by atoms with Crippen molar-refractivity contribution in [3.8, 4) is 11.6 Å². The normalized spacial score (nSPS) is 10.8. The minimum atomic E-state index is -0.263. The number of amides is 1. The molecule has 0 atom stereocenters. The number of carbonyl (C=O) groups is 1. The van der Waals surface area contributed by atoms with E-state index in [-0.39, 0.29) is 11.7 Å². The van der Waals surface area contributed by atoms with Crippen LogP contribution in [0.3, 0.4) is 0 Å². The molecule has 2 heterocycles. The van der Waals surface area contributed by atoms with Gasteiger partial charge in [-0.3, -0.25) is 4.79 Å². The predicted molar refractivity (Wildman–Crippen MR) is 99.7 cm³/mol. The Morgan fingerprint density at radius 2 is 1.85 bits per heavy atom. The maximum absolute atomic E-state index is 12.8. The van der Waals surface area contributed by atoms with Crippen molar-refractivity contribution < 1.29 is 9.90 Å². The third kappa shape index (κ3) is 2.67. The second-order valence-electron chi connectivity index (χ2n) is 5.88. The van der Waals surface area contributed by atoms with Gasteiger partial charge < -0.3 is 10.4 Å². The zero-order valence-electron chi connectivity index (χ0n) is 14.0. The molecule has 0 aliphatic rings. The first-order valence-electron chi connectivity index (χ1n) is 8.13. The summed E-state index contributed by atoms with van der Waals surface area (Å²) in [6.45, 7) is 1.82. The zero-order valence-corrected chi connectivity index (χ0v) is 14.0. The molecule has 0 saturated heterocycles. The van der Waals surface area contributed by atoms with Crippen molar-refractivity contribution in [3.05, 3.63) is 78.2 Å². The van der Waals surface area contributed by atoms with Gasteiger partial charge >= 0.3 is 0 Å². The van der Waals surface area contributed by atoms with Crippen LogP contribution in [-0.4, -0.2) is 25.8 Å². The summed E-state index contributed by atoms with van der Waals surface area (Å²) in [6, 6.07) is 16.2. The second kappa shape index (κ2) is 6.33. The fourth-order valence-corrected chi connectivity index (χ4v) is 2.93. The van der Waals surface area contributed by atoms with E-state index >= 15 is 0 Å². The SMILES string of the molecule is Cc1c(C(=O)Nc2cccc3c(O)cccc23)cnn1-c1ccccn1. The first-order valence-corrected chi connectivity index (χ1v) is 8.13. The van der Waals surface area contributed by atoms with Gasteiger partial charge in [-0.25, -0.2) is 9.67 Å². The van der Waals surface area contributed by atoms with Gasteiger partial charge in [-0.05, 0) is 31.2 Å². The lowest BCUT2D eigenvalue weighted by atomic mass is 10.1. The Bertz CT molecular complexity index is 1100. The van der Waals surface area contributed by atoms with Crippen LogP contribution in [0.15, 0.2) is 67.0 Å². The van der Waals surface area contributed by atoms with Crippen LogP contribution in [-0.2, 0) is 0 Å².